The Kier molecular flexibility index (Phi) is 3.91. The lowest BCUT2D eigenvalue weighted by atomic mass is 10.1. The van der Waals surface area contributed by atoms with Crippen LogP contribution in [0.5, 0.6) is 0 Å². The van der Waals surface area contributed by atoms with Gasteiger partial charge in [-0.25, -0.2) is 0 Å². The first kappa shape index (κ1) is 13.5. The zero-order valence-electron chi connectivity index (χ0n) is 10.8. The van der Waals surface area contributed by atoms with Crippen LogP contribution in [0.4, 0.5) is 0 Å². The van der Waals surface area contributed by atoms with E-state index in [9.17, 15) is 8.42 Å². The molecule has 1 aromatic rings. The molecule has 0 radical (unpaired) electrons. The van der Waals surface area contributed by atoms with Crippen LogP contribution in [0, 0.1) is 0 Å². The fourth-order valence-electron chi connectivity index (χ4n) is 2.63. The van der Waals surface area contributed by atoms with Gasteiger partial charge in [-0.15, -0.1) is 11.3 Å². The van der Waals surface area contributed by atoms with Gasteiger partial charge < -0.3 is 5.32 Å². The summed E-state index contributed by atoms with van der Waals surface area (Å²) in [6.07, 6.45) is 1.73. The second kappa shape index (κ2) is 5.49. The topological polar surface area (TPSA) is 52.7 Å². The molecule has 2 aliphatic rings. The first-order valence-electron chi connectivity index (χ1n) is 6.69. The SMILES string of the molecule is O=S(=O)(N1CCCNCC1)N1CCc2sccc2C1. The molecule has 0 aromatic carbocycles. The van der Waals surface area contributed by atoms with E-state index in [0.29, 0.717) is 26.2 Å². The molecule has 19 heavy (non-hydrogen) atoms. The van der Waals surface area contributed by atoms with Gasteiger partial charge in [0.25, 0.3) is 10.2 Å². The summed E-state index contributed by atoms with van der Waals surface area (Å²) in [6, 6.07) is 2.05. The Hall–Kier alpha value is -0.470. The van der Waals surface area contributed by atoms with Crippen LogP contribution >= 0.6 is 11.3 Å². The maximum atomic E-state index is 12.7. The van der Waals surface area contributed by atoms with Gasteiger partial charge in [0.1, 0.15) is 0 Å². The first-order chi connectivity index (χ1) is 9.18. The highest BCUT2D eigenvalue weighted by Crippen LogP contribution is 2.26. The van der Waals surface area contributed by atoms with E-state index in [1.165, 1.54) is 10.4 Å². The fourth-order valence-corrected chi connectivity index (χ4v) is 5.16. The molecule has 3 heterocycles. The van der Waals surface area contributed by atoms with Gasteiger partial charge in [-0.05, 0) is 36.4 Å². The van der Waals surface area contributed by atoms with E-state index >= 15 is 0 Å². The monoisotopic (exact) mass is 301 g/mol. The van der Waals surface area contributed by atoms with Gasteiger partial charge >= 0.3 is 0 Å². The number of nitrogens with one attached hydrogen (secondary N) is 1. The Morgan fingerprint density at radius 2 is 2.05 bits per heavy atom. The third-order valence-corrected chi connectivity index (χ3v) is 6.73. The Morgan fingerprint density at radius 3 is 2.95 bits per heavy atom. The van der Waals surface area contributed by atoms with E-state index in [1.54, 1.807) is 19.9 Å². The van der Waals surface area contributed by atoms with Crippen molar-refractivity contribution in [3.05, 3.63) is 21.9 Å². The minimum absolute atomic E-state index is 0.533. The van der Waals surface area contributed by atoms with Gasteiger partial charge in [0.15, 0.2) is 0 Å². The van der Waals surface area contributed by atoms with Crippen molar-refractivity contribution in [1.29, 1.82) is 0 Å². The van der Waals surface area contributed by atoms with Crippen molar-refractivity contribution in [2.45, 2.75) is 19.4 Å². The van der Waals surface area contributed by atoms with Crippen LogP contribution in [0.25, 0.3) is 0 Å². The number of thiophene rings is 1. The Morgan fingerprint density at radius 1 is 1.16 bits per heavy atom. The predicted octanol–water partition coefficient (Wildman–Crippen LogP) is 0.646. The van der Waals surface area contributed by atoms with E-state index in [1.807, 2.05) is 6.07 Å². The van der Waals surface area contributed by atoms with E-state index in [2.05, 4.69) is 10.7 Å². The van der Waals surface area contributed by atoms with Gasteiger partial charge in [0.05, 0.1) is 0 Å². The van der Waals surface area contributed by atoms with Crippen LogP contribution < -0.4 is 5.32 Å². The maximum absolute atomic E-state index is 12.7. The minimum atomic E-state index is -3.30. The molecule has 2 aliphatic heterocycles. The second-order valence-electron chi connectivity index (χ2n) is 4.96. The largest absolute Gasteiger partial charge is 0.315 e. The average Bonchev–Trinajstić information content (AvgIpc) is 2.69. The van der Waals surface area contributed by atoms with Crippen molar-refractivity contribution >= 4 is 21.5 Å². The average molecular weight is 301 g/mol. The summed E-state index contributed by atoms with van der Waals surface area (Å²) in [7, 11) is -3.30. The molecule has 7 heteroatoms. The van der Waals surface area contributed by atoms with Crippen LogP contribution in [0.15, 0.2) is 11.4 Å². The van der Waals surface area contributed by atoms with E-state index in [-0.39, 0.29) is 0 Å². The van der Waals surface area contributed by atoms with Crippen LogP contribution in [0.3, 0.4) is 0 Å². The lowest BCUT2D eigenvalue weighted by Gasteiger charge is -2.31. The summed E-state index contributed by atoms with van der Waals surface area (Å²) in [5.41, 5.74) is 1.17. The van der Waals surface area contributed by atoms with Crippen LogP contribution in [0.2, 0.25) is 0 Å². The van der Waals surface area contributed by atoms with Gasteiger partial charge in [0.2, 0.25) is 0 Å². The van der Waals surface area contributed by atoms with E-state index in [4.69, 9.17) is 0 Å². The molecule has 0 aliphatic carbocycles. The Labute approximate surface area is 118 Å². The first-order valence-corrected chi connectivity index (χ1v) is 8.97. The third kappa shape index (κ3) is 2.71. The molecular formula is C12H19N3O2S2. The third-order valence-electron chi connectivity index (χ3n) is 3.72. The van der Waals surface area contributed by atoms with Crippen LogP contribution in [-0.4, -0.2) is 49.8 Å². The molecule has 1 fully saturated rings. The molecule has 0 atom stereocenters. The predicted molar refractivity (Wildman–Crippen MR) is 76.4 cm³/mol. The summed E-state index contributed by atoms with van der Waals surface area (Å²) in [5, 5.41) is 5.29. The molecule has 1 N–H and O–H groups in total. The minimum Gasteiger partial charge on any atom is -0.315 e. The second-order valence-corrected chi connectivity index (χ2v) is 7.89. The molecule has 1 saturated heterocycles. The summed E-state index contributed by atoms with van der Waals surface area (Å²) >= 11 is 1.73. The van der Waals surface area contributed by atoms with Gasteiger partial charge in [-0.1, -0.05) is 0 Å². The normalized spacial score (nSPS) is 22.9. The van der Waals surface area contributed by atoms with Crippen molar-refractivity contribution in [3.8, 4) is 0 Å². The molecule has 1 aromatic heterocycles. The number of hydrogen-bond donors (Lipinski definition) is 1. The number of fused-ring (bicyclic) bond motifs is 1. The van der Waals surface area contributed by atoms with Crippen molar-refractivity contribution in [2.75, 3.05) is 32.7 Å². The van der Waals surface area contributed by atoms with Crippen LogP contribution in [0.1, 0.15) is 16.9 Å². The van der Waals surface area contributed by atoms with Crippen molar-refractivity contribution in [3.63, 3.8) is 0 Å². The number of rotatable bonds is 2. The molecule has 0 amide bonds. The number of hydrogen-bond acceptors (Lipinski definition) is 4. The highest BCUT2D eigenvalue weighted by Gasteiger charge is 2.32. The lowest BCUT2D eigenvalue weighted by molar-refractivity contribution is 0.332. The standard InChI is InChI=1S/C12H19N3O2S2/c16-19(17,14-6-1-4-13-5-8-14)15-7-2-12-11(10-15)3-9-18-12/h3,9,13H,1-2,4-8,10H2. The summed E-state index contributed by atoms with van der Waals surface area (Å²) in [5.74, 6) is 0. The molecule has 0 unspecified atom stereocenters. The summed E-state index contributed by atoms with van der Waals surface area (Å²) in [6.45, 7) is 4.00. The quantitative estimate of drug-likeness (QED) is 0.872. The maximum Gasteiger partial charge on any atom is 0.282 e. The summed E-state index contributed by atoms with van der Waals surface area (Å²) in [4.78, 5) is 1.34. The molecule has 0 spiro atoms. The van der Waals surface area contributed by atoms with Gasteiger partial charge in [0, 0.05) is 37.6 Å². The van der Waals surface area contributed by atoms with E-state index in [0.717, 1.165) is 25.9 Å². The van der Waals surface area contributed by atoms with Gasteiger partial charge in [-0.3, -0.25) is 0 Å². The fraction of sp³-hybridized carbons (Fsp3) is 0.667. The summed E-state index contributed by atoms with van der Waals surface area (Å²) < 4.78 is 28.6. The Bertz CT molecular complexity index is 533. The molecule has 106 valence electrons. The molecule has 3 rings (SSSR count). The van der Waals surface area contributed by atoms with Crippen molar-refractivity contribution in [1.82, 2.24) is 13.9 Å². The van der Waals surface area contributed by atoms with E-state index < -0.39 is 10.2 Å². The highest BCUT2D eigenvalue weighted by atomic mass is 32.2. The molecule has 0 saturated carbocycles. The van der Waals surface area contributed by atoms with Crippen molar-refractivity contribution < 1.29 is 8.42 Å². The smallest absolute Gasteiger partial charge is 0.282 e. The van der Waals surface area contributed by atoms with Crippen molar-refractivity contribution in [2.24, 2.45) is 0 Å². The Balaban J connectivity index is 1.77. The zero-order valence-corrected chi connectivity index (χ0v) is 12.5. The molecule has 5 nitrogen and oxygen atoms in total. The number of nitrogens with zero attached hydrogens (tertiary/aromatic N) is 2. The highest BCUT2D eigenvalue weighted by molar-refractivity contribution is 7.86. The molecule has 0 bridgehead atoms. The molecular weight excluding hydrogens is 282 g/mol. The van der Waals surface area contributed by atoms with Gasteiger partial charge in [-0.2, -0.15) is 17.0 Å². The van der Waals surface area contributed by atoms with Crippen LogP contribution in [-0.2, 0) is 23.2 Å². The zero-order chi connectivity index (χ0) is 13.3. The lowest BCUT2D eigenvalue weighted by Crippen LogP contribution is -2.46.